The number of carbonyl (C=O) groups is 4. The summed E-state index contributed by atoms with van der Waals surface area (Å²) in [6.07, 6.45) is 7.99. The number of imidazole rings is 2. The monoisotopic (exact) mass is 895 g/mol. The van der Waals surface area contributed by atoms with E-state index in [4.69, 9.17) is 19.4 Å². The van der Waals surface area contributed by atoms with Crippen molar-refractivity contribution in [3.8, 4) is 44.8 Å². The molecule has 15 heteroatoms. The molecular formula is C51H61N9O6. The number of amides is 4. The highest BCUT2D eigenvalue weighted by Gasteiger charge is 2.45. The largest absolute Gasteiger partial charge is 0.453 e. The molecule has 15 nitrogen and oxygen atoms in total. The second-order valence-electron chi connectivity index (χ2n) is 18.9. The van der Waals surface area contributed by atoms with E-state index in [1.807, 2.05) is 49.9 Å². The van der Waals surface area contributed by atoms with Crippen molar-refractivity contribution in [1.82, 2.24) is 45.3 Å². The van der Waals surface area contributed by atoms with E-state index in [2.05, 4.69) is 93.2 Å². The number of nitrogens with zero attached hydrogens (tertiary/aromatic N) is 5. The molecule has 5 aromatic rings. The molecule has 0 saturated carbocycles. The number of alkyl carbamates (subject to hydrolysis) is 2. The summed E-state index contributed by atoms with van der Waals surface area (Å²) in [7, 11) is 4.86. The lowest BCUT2D eigenvalue weighted by atomic mass is 9.81. The van der Waals surface area contributed by atoms with Gasteiger partial charge in [0.2, 0.25) is 11.8 Å². The Bertz CT molecular complexity index is 2420. The van der Waals surface area contributed by atoms with Gasteiger partial charge in [0, 0.05) is 25.2 Å². The lowest BCUT2D eigenvalue weighted by Crippen LogP contribution is -2.51. The fourth-order valence-corrected chi connectivity index (χ4v) is 10.8. The number of carbonyl (C=O) groups excluding carboxylic acids is 4. The van der Waals surface area contributed by atoms with Crippen LogP contribution >= 0.6 is 0 Å². The van der Waals surface area contributed by atoms with E-state index >= 15 is 0 Å². The molecule has 0 aliphatic carbocycles. The highest BCUT2D eigenvalue weighted by molar-refractivity contribution is 5.87. The Labute approximate surface area is 386 Å². The third-order valence-electron chi connectivity index (χ3n) is 14.3. The third-order valence-corrected chi connectivity index (χ3v) is 14.3. The van der Waals surface area contributed by atoms with Gasteiger partial charge in [-0.1, -0.05) is 88.4 Å². The molecule has 0 spiro atoms. The van der Waals surface area contributed by atoms with Gasteiger partial charge in [0.05, 0.1) is 50.1 Å². The summed E-state index contributed by atoms with van der Waals surface area (Å²) >= 11 is 0. The molecule has 3 saturated heterocycles. The SMILES string of the molecule is COC(=O)NC(C(=O)N1CCCC1c1ncc(-c2ccc(-c3ccc(-c4ccc(-c5cnc(C6CCCN6C(=O)C(NC(=O)OC)C(C)C)[nH]5)cc4)c4c3C3CCC4N3C)cc2)[nH]1)C(C)C. The molecule has 6 unspecified atom stereocenters. The molecule has 9 rings (SSSR count). The van der Waals surface area contributed by atoms with Crippen molar-refractivity contribution in [2.24, 2.45) is 11.8 Å². The Hall–Kier alpha value is -6.48. The lowest BCUT2D eigenvalue weighted by Gasteiger charge is -2.30. The average molecular weight is 896 g/mol. The summed E-state index contributed by atoms with van der Waals surface area (Å²) in [6.45, 7) is 8.86. The van der Waals surface area contributed by atoms with Crippen molar-refractivity contribution in [3.63, 3.8) is 0 Å². The number of fused-ring (bicyclic) bond motifs is 5. The Kier molecular flexibility index (Phi) is 12.5. The van der Waals surface area contributed by atoms with E-state index in [0.29, 0.717) is 25.2 Å². The van der Waals surface area contributed by atoms with E-state index in [-0.39, 0.29) is 35.7 Å². The number of nitrogens with one attached hydrogen (secondary N) is 4. The molecule has 6 heterocycles. The van der Waals surface area contributed by atoms with Gasteiger partial charge < -0.3 is 39.9 Å². The Balaban J connectivity index is 0.923. The van der Waals surface area contributed by atoms with Crippen molar-refractivity contribution in [2.75, 3.05) is 34.4 Å². The molecular weight excluding hydrogens is 835 g/mol. The Morgan fingerprint density at radius 3 is 1.32 bits per heavy atom. The van der Waals surface area contributed by atoms with Gasteiger partial charge in [0.25, 0.3) is 0 Å². The summed E-state index contributed by atoms with van der Waals surface area (Å²) in [4.78, 5) is 74.3. The van der Waals surface area contributed by atoms with Crippen molar-refractivity contribution in [3.05, 3.63) is 95.8 Å². The number of benzene rings is 3. The zero-order valence-corrected chi connectivity index (χ0v) is 38.9. The molecule has 6 atom stereocenters. The molecule has 4 N–H and O–H groups in total. The third kappa shape index (κ3) is 8.22. The van der Waals surface area contributed by atoms with E-state index < -0.39 is 24.3 Å². The molecule has 4 aliphatic rings. The first-order valence-electron chi connectivity index (χ1n) is 23.4. The van der Waals surface area contributed by atoms with Gasteiger partial charge in [-0.2, -0.15) is 0 Å². The van der Waals surface area contributed by atoms with Crippen LogP contribution in [0, 0.1) is 11.8 Å². The van der Waals surface area contributed by atoms with Gasteiger partial charge in [-0.3, -0.25) is 14.5 Å². The quantitative estimate of drug-likeness (QED) is 0.0954. The highest BCUT2D eigenvalue weighted by Crippen LogP contribution is 2.57. The normalized spacial score (nSPS) is 21.0. The number of ether oxygens (including phenoxy) is 2. The predicted octanol–water partition coefficient (Wildman–Crippen LogP) is 8.71. The smallest absolute Gasteiger partial charge is 0.407 e. The highest BCUT2D eigenvalue weighted by atomic mass is 16.5. The van der Waals surface area contributed by atoms with Crippen LogP contribution in [0.15, 0.2) is 73.1 Å². The van der Waals surface area contributed by atoms with Gasteiger partial charge >= 0.3 is 12.2 Å². The summed E-state index contributed by atoms with van der Waals surface area (Å²) in [5.74, 6) is 1.02. The predicted molar refractivity (Wildman–Crippen MR) is 251 cm³/mol. The maximum Gasteiger partial charge on any atom is 0.407 e. The van der Waals surface area contributed by atoms with Crippen molar-refractivity contribution >= 4 is 24.0 Å². The first-order valence-corrected chi connectivity index (χ1v) is 23.4. The molecule has 2 aromatic heterocycles. The molecule has 66 heavy (non-hydrogen) atoms. The van der Waals surface area contributed by atoms with E-state index in [0.717, 1.165) is 72.7 Å². The second kappa shape index (κ2) is 18.4. The number of hydrogen-bond acceptors (Lipinski definition) is 9. The van der Waals surface area contributed by atoms with Crippen molar-refractivity contribution < 1.29 is 28.7 Å². The molecule has 2 bridgehead atoms. The molecule has 3 aromatic carbocycles. The number of aromatic nitrogens is 4. The van der Waals surface area contributed by atoms with Gasteiger partial charge in [0.15, 0.2) is 0 Å². The number of rotatable bonds is 12. The Morgan fingerprint density at radius 2 is 0.955 bits per heavy atom. The van der Waals surface area contributed by atoms with Crippen LogP contribution in [0.3, 0.4) is 0 Å². The van der Waals surface area contributed by atoms with Crippen LogP contribution in [-0.4, -0.2) is 105 Å². The summed E-state index contributed by atoms with van der Waals surface area (Å²) in [5, 5.41) is 5.45. The van der Waals surface area contributed by atoms with Gasteiger partial charge in [-0.25, -0.2) is 19.6 Å². The minimum Gasteiger partial charge on any atom is -0.453 e. The topological polar surface area (TPSA) is 178 Å². The van der Waals surface area contributed by atoms with Crippen LogP contribution in [0.1, 0.15) is 113 Å². The molecule has 0 radical (unpaired) electrons. The molecule has 4 amide bonds. The number of H-pyrrole nitrogens is 2. The first-order chi connectivity index (χ1) is 31.9. The van der Waals surface area contributed by atoms with E-state index in [1.165, 1.54) is 47.6 Å². The van der Waals surface area contributed by atoms with Crippen molar-refractivity contribution in [2.45, 2.75) is 102 Å². The summed E-state index contributed by atoms with van der Waals surface area (Å²) < 4.78 is 9.60. The van der Waals surface area contributed by atoms with Crippen LogP contribution in [0.4, 0.5) is 9.59 Å². The lowest BCUT2D eigenvalue weighted by molar-refractivity contribution is -0.136. The summed E-state index contributed by atoms with van der Waals surface area (Å²) in [5.41, 5.74) is 11.5. The van der Waals surface area contributed by atoms with E-state index in [1.54, 1.807) is 0 Å². The van der Waals surface area contributed by atoms with Gasteiger partial charge in [0.1, 0.15) is 23.7 Å². The second-order valence-corrected chi connectivity index (χ2v) is 18.9. The maximum absolute atomic E-state index is 13.7. The number of likely N-dealkylation sites (tertiary alicyclic amines) is 2. The first kappa shape index (κ1) is 44.7. The fourth-order valence-electron chi connectivity index (χ4n) is 10.8. The molecule has 4 aliphatic heterocycles. The van der Waals surface area contributed by atoms with E-state index in [9.17, 15) is 19.2 Å². The number of aromatic amines is 2. The maximum atomic E-state index is 13.7. The van der Waals surface area contributed by atoms with Gasteiger partial charge in [-0.15, -0.1) is 0 Å². The zero-order valence-electron chi connectivity index (χ0n) is 38.9. The Morgan fingerprint density at radius 1 is 0.576 bits per heavy atom. The van der Waals surface area contributed by atoms with Crippen LogP contribution in [-0.2, 0) is 19.1 Å². The molecule has 3 fully saturated rings. The summed E-state index contributed by atoms with van der Waals surface area (Å²) in [6, 6.07) is 20.8. The fraction of sp³-hybridized carbons (Fsp3) is 0.451. The number of hydrogen-bond donors (Lipinski definition) is 4. The minimum absolute atomic E-state index is 0.105. The molecule has 346 valence electrons. The van der Waals surface area contributed by atoms with Crippen LogP contribution in [0.25, 0.3) is 44.8 Å². The standard InChI is InChI=1S/C51H61N9O6/c1-28(2)44(56-50(63)65-6)48(61)59-24-8-10-40(59)46-52-26-36(54-46)32-16-12-30(13-17-32)34-20-21-35(43-39-23-22-38(42(34)43)58(39)5)31-14-18-33(19-15-31)37-27-53-47(55-37)41-11-9-25-60(41)49(62)45(29(3)4)57-51(64)66-7/h12-21,26-29,38-41,44-45H,8-11,22-25H2,1-7H3,(H,52,54)(H,53,55)(H,56,63)(H,57,64). The van der Waals surface area contributed by atoms with Crippen molar-refractivity contribution in [1.29, 1.82) is 0 Å². The van der Waals surface area contributed by atoms with Crippen LogP contribution < -0.4 is 10.6 Å². The number of methoxy groups -OCH3 is 2. The van der Waals surface area contributed by atoms with Crippen LogP contribution in [0.5, 0.6) is 0 Å². The average Bonchev–Trinajstić information content (AvgIpc) is 4.20. The zero-order chi connectivity index (χ0) is 46.4. The van der Waals surface area contributed by atoms with Gasteiger partial charge in [-0.05, 0) is 102 Å². The van der Waals surface area contributed by atoms with Crippen LogP contribution in [0.2, 0.25) is 0 Å². The minimum atomic E-state index is -0.687.